The van der Waals surface area contributed by atoms with E-state index in [1.807, 2.05) is 25.1 Å². The molecule has 0 aromatic heterocycles. The van der Waals surface area contributed by atoms with Gasteiger partial charge in [0, 0.05) is 32.2 Å². The number of likely N-dealkylation sites (N-methyl/N-ethyl adjacent to an activating group) is 2. The van der Waals surface area contributed by atoms with Gasteiger partial charge in [-0.3, -0.25) is 15.5 Å². The van der Waals surface area contributed by atoms with Crippen LogP contribution >= 0.6 is 0 Å². The molecule has 6 nitrogen and oxygen atoms in total. The number of carbonyl (C=O) groups is 1. The Balaban J connectivity index is 2.00. The summed E-state index contributed by atoms with van der Waals surface area (Å²) in [6.07, 6.45) is 0. The largest absolute Gasteiger partial charge is 0.350 e. The average molecular weight is 291 g/mol. The van der Waals surface area contributed by atoms with E-state index < -0.39 is 0 Å². The van der Waals surface area contributed by atoms with E-state index in [1.165, 1.54) is 0 Å². The van der Waals surface area contributed by atoms with Crippen LogP contribution in [-0.2, 0) is 0 Å². The molecule has 1 aliphatic rings. The summed E-state index contributed by atoms with van der Waals surface area (Å²) in [6, 6.07) is 5.94. The number of rotatable bonds is 4. The summed E-state index contributed by atoms with van der Waals surface area (Å²) in [4.78, 5) is 16.9. The number of hydrazine groups is 1. The normalized spacial score (nSPS) is 20.3. The Morgan fingerprint density at radius 1 is 1.38 bits per heavy atom. The molecule has 1 aromatic carbocycles. The predicted octanol–water partition coefficient (Wildman–Crippen LogP) is 0.256. The van der Waals surface area contributed by atoms with Crippen LogP contribution in [-0.4, -0.2) is 62.0 Å². The highest BCUT2D eigenvalue weighted by atomic mass is 16.1. The van der Waals surface area contributed by atoms with E-state index >= 15 is 0 Å². The Morgan fingerprint density at radius 3 is 2.86 bits per heavy atom. The number of nitrogens with two attached hydrogens (primary N) is 1. The van der Waals surface area contributed by atoms with Gasteiger partial charge in [0.15, 0.2) is 0 Å². The third kappa shape index (κ3) is 3.93. The van der Waals surface area contributed by atoms with Crippen LogP contribution in [0.1, 0.15) is 15.9 Å². The average Bonchev–Trinajstić information content (AvgIpc) is 2.47. The summed E-state index contributed by atoms with van der Waals surface area (Å²) in [5.74, 6) is 5.38. The van der Waals surface area contributed by atoms with Crippen molar-refractivity contribution in [1.82, 2.24) is 15.1 Å². The highest BCUT2D eigenvalue weighted by Crippen LogP contribution is 2.16. The molecular weight excluding hydrogens is 266 g/mol. The molecule has 2 rings (SSSR count). The number of hydrogen-bond donors (Lipinski definition) is 3. The molecule has 0 aliphatic carbocycles. The van der Waals surface area contributed by atoms with Crippen LogP contribution in [0.25, 0.3) is 0 Å². The molecule has 1 fully saturated rings. The zero-order valence-corrected chi connectivity index (χ0v) is 13.0. The first-order valence-corrected chi connectivity index (χ1v) is 7.25. The zero-order valence-electron chi connectivity index (χ0n) is 13.0. The van der Waals surface area contributed by atoms with Gasteiger partial charge in [-0.1, -0.05) is 11.6 Å². The van der Waals surface area contributed by atoms with Gasteiger partial charge in [-0.25, -0.2) is 0 Å². The molecule has 1 amide bonds. The van der Waals surface area contributed by atoms with E-state index in [0.717, 1.165) is 25.2 Å². The van der Waals surface area contributed by atoms with Gasteiger partial charge < -0.3 is 15.6 Å². The zero-order chi connectivity index (χ0) is 15.4. The first-order valence-electron chi connectivity index (χ1n) is 7.25. The summed E-state index contributed by atoms with van der Waals surface area (Å²) < 4.78 is 0. The maximum Gasteiger partial charge on any atom is 0.253 e. The number of nitrogen functional groups attached to an aromatic ring is 1. The van der Waals surface area contributed by atoms with Crippen LogP contribution in [0.3, 0.4) is 0 Å². The number of carbonyl (C=O) groups excluding carboxylic acids is 1. The molecule has 1 atom stereocenters. The molecule has 0 saturated carbocycles. The van der Waals surface area contributed by atoms with E-state index in [0.29, 0.717) is 23.8 Å². The van der Waals surface area contributed by atoms with Gasteiger partial charge >= 0.3 is 0 Å². The van der Waals surface area contributed by atoms with Crippen molar-refractivity contribution in [3.05, 3.63) is 29.3 Å². The SMILES string of the molecule is Cc1ccc(NN)c(C(=O)NCC2CN(C)CCN2C)c1. The van der Waals surface area contributed by atoms with Gasteiger partial charge in [0.25, 0.3) is 5.91 Å². The molecule has 4 N–H and O–H groups in total. The molecule has 21 heavy (non-hydrogen) atoms. The van der Waals surface area contributed by atoms with Gasteiger partial charge in [-0.2, -0.15) is 0 Å². The molecule has 0 spiro atoms. The van der Waals surface area contributed by atoms with Gasteiger partial charge in [0.05, 0.1) is 11.3 Å². The van der Waals surface area contributed by atoms with Crippen molar-refractivity contribution in [3.8, 4) is 0 Å². The van der Waals surface area contributed by atoms with Crippen molar-refractivity contribution in [2.24, 2.45) is 5.84 Å². The minimum atomic E-state index is -0.0896. The third-order valence-corrected chi connectivity index (χ3v) is 4.05. The fourth-order valence-electron chi connectivity index (χ4n) is 2.60. The number of hydrogen-bond acceptors (Lipinski definition) is 5. The van der Waals surface area contributed by atoms with Crippen LogP contribution in [0.4, 0.5) is 5.69 Å². The molecular formula is C15H25N5O. The fraction of sp³-hybridized carbons (Fsp3) is 0.533. The smallest absolute Gasteiger partial charge is 0.253 e. The highest BCUT2D eigenvalue weighted by molar-refractivity contribution is 5.99. The maximum absolute atomic E-state index is 12.4. The van der Waals surface area contributed by atoms with Crippen molar-refractivity contribution in [3.63, 3.8) is 0 Å². The van der Waals surface area contributed by atoms with Gasteiger partial charge in [-0.05, 0) is 33.2 Å². The predicted molar refractivity (Wildman–Crippen MR) is 85.2 cm³/mol. The number of benzene rings is 1. The summed E-state index contributed by atoms with van der Waals surface area (Å²) in [7, 11) is 4.21. The monoisotopic (exact) mass is 291 g/mol. The number of nitrogens with zero attached hydrogens (tertiary/aromatic N) is 2. The molecule has 0 bridgehead atoms. The fourth-order valence-corrected chi connectivity index (χ4v) is 2.60. The summed E-state index contributed by atoms with van der Waals surface area (Å²) in [6.45, 7) is 5.66. The molecule has 0 radical (unpaired) electrons. The molecule has 1 saturated heterocycles. The Bertz CT molecular complexity index is 505. The second-order valence-electron chi connectivity index (χ2n) is 5.80. The second kappa shape index (κ2) is 6.89. The second-order valence-corrected chi connectivity index (χ2v) is 5.80. The number of amides is 1. The molecule has 1 unspecified atom stereocenters. The molecule has 6 heteroatoms. The molecule has 1 heterocycles. The third-order valence-electron chi connectivity index (χ3n) is 4.05. The van der Waals surface area contributed by atoms with E-state index in [-0.39, 0.29) is 5.91 Å². The highest BCUT2D eigenvalue weighted by Gasteiger charge is 2.23. The van der Waals surface area contributed by atoms with Crippen LogP contribution in [0.15, 0.2) is 18.2 Å². The van der Waals surface area contributed by atoms with Crippen molar-refractivity contribution in [2.75, 3.05) is 45.7 Å². The Labute approximate surface area is 126 Å². The Kier molecular flexibility index (Phi) is 5.17. The number of aryl methyl sites for hydroxylation is 1. The summed E-state index contributed by atoms with van der Waals surface area (Å²) >= 11 is 0. The van der Waals surface area contributed by atoms with Gasteiger partial charge in [0.1, 0.15) is 0 Å². The van der Waals surface area contributed by atoms with Crippen molar-refractivity contribution in [1.29, 1.82) is 0 Å². The lowest BCUT2D eigenvalue weighted by atomic mass is 10.1. The first kappa shape index (κ1) is 15.8. The van der Waals surface area contributed by atoms with Gasteiger partial charge in [0.2, 0.25) is 0 Å². The van der Waals surface area contributed by atoms with Crippen LogP contribution in [0.2, 0.25) is 0 Å². The van der Waals surface area contributed by atoms with E-state index in [1.54, 1.807) is 0 Å². The topological polar surface area (TPSA) is 73.6 Å². The van der Waals surface area contributed by atoms with E-state index in [9.17, 15) is 4.79 Å². The number of piperazine rings is 1. The summed E-state index contributed by atoms with van der Waals surface area (Å²) in [5.41, 5.74) is 4.85. The minimum absolute atomic E-state index is 0.0896. The van der Waals surface area contributed by atoms with E-state index in [4.69, 9.17) is 5.84 Å². The number of anilines is 1. The van der Waals surface area contributed by atoms with Crippen LogP contribution in [0.5, 0.6) is 0 Å². The van der Waals surface area contributed by atoms with Crippen LogP contribution < -0.4 is 16.6 Å². The van der Waals surface area contributed by atoms with Gasteiger partial charge in [-0.15, -0.1) is 0 Å². The number of nitrogens with one attached hydrogen (secondary N) is 2. The standard InChI is InChI=1S/C15H25N5O/c1-11-4-5-14(18-16)13(8-11)15(21)17-9-12-10-19(2)6-7-20(12)3/h4-5,8,12,18H,6-7,9-10,16H2,1-3H3,(H,17,21). The Morgan fingerprint density at radius 2 is 2.14 bits per heavy atom. The van der Waals surface area contributed by atoms with Crippen molar-refractivity contribution >= 4 is 11.6 Å². The molecule has 116 valence electrons. The first-order chi connectivity index (χ1) is 10.0. The quantitative estimate of drug-likeness (QED) is 0.548. The lowest BCUT2D eigenvalue weighted by Gasteiger charge is -2.37. The van der Waals surface area contributed by atoms with Crippen molar-refractivity contribution in [2.45, 2.75) is 13.0 Å². The molecule has 1 aromatic rings. The lowest BCUT2D eigenvalue weighted by molar-refractivity contribution is 0.0882. The molecule has 1 aliphatic heterocycles. The lowest BCUT2D eigenvalue weighted by Crippen LogP contribution is -2.54. The summed E-state index contributed by atoms with van der Waals surface area (Å²) in [5, 5.41) is 3.02. The minimum Gasteiger partial charge on any atom is -0.350 e. The Hall–Kier alpha value is -1.63. The van der Waals surface area contributed by atoms with Crippen molar-refractivity contribution < 1.29 is 4.79 Å². The van der Waals surface area contributed by atoms with E-state index in [2.05, 4.69) is 34.6 Å². The van der Waals surface area contributed by atoms with Crippen LogP contribution in [0, 0.1) is 6.92 Å². The maximum atomic E-state index is 12.4.